The highest BCUT2D eigenvalue weighted by molar-refractivity contribution is 5.78. The van der Waals surface area contributed by atoms with Crippen LogP contribution < -0.4 is 5.32 Å². The predicted octanol–water partition coefficient (Wildman–Crippen LogP) is 2.14. The number of rotatable bonds is 5. The Kier molecular flexibility index (Phi) is 5.49. The standard InChI is InChI=1S/C18H28N4O/c1-15-6-5-7-17(20-15)19-12-16-8-11-21(13-16)14-18(23)22-9-3-2-4-10-22/h5-7,16H,2-4,8-14H2,1H3,(H,19,20). The van der Waals surface area contributed by atoms with E-state index < -0.39 is 0 Å². The summed E-state index contributed by atoms with van der Waals surface area (Å²) < 4.78 is 0. The van der Waals surface area contributed by atoms with Gasteiger partial charge in [0.05, 0.1) is 6.54 Å². The smallest absolute Gasteiger partial charge is 0.236 e. The zero-order chi connectivity index (χ0) is 16.1. The number of aromatic nitrogens is 1. The van der Waals surface area contributed by atoms with Gasteiger partial charge in [-0.1, -0.05) is 6.07 Å². The Balaban J connectivity index is 1.40. The fourth-order valence-corrected chi connectivity index (χ4v) is 3.55. The molecule has 3 heterocycles. The minimum Gasteiger partial charge on any atom is -0.370 e. The van der Waals surface area contributed by atoms with Crippen LogP contribution in [0.4, 0.5) is 5.82 Å². The number of nitrogens with one attached hydrogen (secondary N) is 1. The first-order valence-electron chi connectivity index (χ1n) is 8.88. The van der Waals surface area contributed by atoms with Crippen molar-refractivity contribution in [3.05, 3.63) is 23.9 Å². The fraction of sp³-hybridized carbons (Fsp3) is 0.667. The van der Waals surface area contributed by atoms with Crippen LogP contribution >= 0.6 is 0 Å². The Labute approximate surface area is 139 Å². The van der Waals surface area contributed by atoms with Gasteiger partial charge < -0.3 is 10.2 Å². The Morgan fingerprint density at radius 2 is 2.09 bits per heavy atom. The van der Waals surface area contributed by atoms with Crippen molar-refractivity contribution >= 4 is 11.7 Å². The van der Waals surface area contributed by atoms with Gasteiger partial charge in [0, 0.05) is 31.9 Å². The van der Waals surface area contributed by atoms with Crippen molar-refractivity contribution in [1.82, 2.24) is 14.8 Å². The molecular weight excluding hydrogens is 288 g/mol. The molecule has 0 saturated carbocycles. The SMILES string of the molecule is Cc1cccc(NCC2CCN(CC(=O)N3CCCCC3)C2)n1. The Bertz CT molecular complexity index is 528. The Morgan fingerprint density at radius 1 is 1.26 bits per heavy atom. The van der Waals surface area contributed by atoms with Crippen molar-refractivity contribution in [2.24, 2.45) is 5.92 Å². The molecule has 0 bridgehead atoms. The van der Waals surface area contributed by atoms with E-state index in [1.165, 1.54) is 19.3 Å². The largest absolute Gasteiger partial charge is 0.370 e. The number of carbonyl (C=O) groups excluding carboxylic acids is 1. The van der Waals surface area contributed by atoms with Crippen molar-refractivity contribution in [3.63, 3.8) is 0 Å². The maximum atomic E-state index is 12.3. The summed E-state index contributed by atoms with van der Waals surface area (Å²) in [6, 6.07) is 6.05. The normalized spacial score (nSPS) is 22.3. The number of likely N-dealkylation sites (tertiary alicyclic amines) is 2. The lowest BCUT2D eigenvalue weighted by Crippen LogP contribution is -2.42. The summed E-state index contributed by atoms with van der Waals surface area (Å²) >= 11 is 0. The van der Waals surface area contributed by atoms with E-state index in [4.69, 9.17) is 0 Å². The van der Waals surface area contributed by atoms with Crippen LogP contribution in [0.1, 0.15) is 31.4 Å². The van der Waals surface area contributed by atoms with Gasteiger partial charge >= 0.3 is 0 Å². The molecule has 1 amide bonds. The highest BCUT2D eigenvalue weighted by Gasteiger charge is 2.26. The summed E-state index contributed by atoms with van der Waals surface area (Å²) in [5.41, 5.74) is 1.04. The Morgan fingerprint density at radius 3 is 2.87 bits per heavy atom. The van der Waals surface area contributed by atoms with E-state index in [0.717, 1.165) is 50.7 Å². The van der Waals surface area contributed by atoms with Crippen LogP contribution in [0.25, 0.3) is 0 Å². The lowest BCUT2D eigenvalue weighted by molar-refractivity contribution is -0.133. The molecule has 1 atom stereocenters. The van der Waals surface area contributed by atoms with Crippen molar-refractivity contribution in [2.45, 2.75) is 32.6 Å². The third-order valence-electron chi connectivity index (χ3n) is 4.90. The molecule has 2 fully saturated rings. The van der Waals surface area contributed by atoms with Gasteiger partial charge in [-0.3, -0.25) is 9.69 Å². The minimum absolute atomic E-state index is 0.318. The number of carbonyl (C=O) groups is 1. The highest BCUT2D eigenvalue weighted by atomic mass is 16.2. The molecule has 1 aromatic rings. The van der Waals surface area contributed by atoms with Gasteiger partial charge in [-0.25, -0.2) is 4.98 Å². The van der Waals surface area contributed by atoms with Crippen LogP contribution in [-0.2, 0) is 4.79 Å². The highest BCUT2D eigenvalue weighted by Crippen LogP contribution is 2.18. The number of hydrogen-bond donors (Lipinski definition) is 1. The average molecular weight is 316 g/mol. The minimum atomic E-state index is 0.318. The zero-order valence-electron chi connectivity index (χ0n) is 14.1. The molecule has 1 N–H and O–H groups in total. The molecule has 3 rings (SSSR count). The lowest BCUT2D eigenvalue weighted by Gasteiger charge is -2.28. The molecule has 2 aliphatic rings. The van der Waals surface area contributed by atoms with Gasteiger partial charge in [0.1, 0.15) is 5.82 Å². The fourth-order valence-electron chi connectivity index (χ4n) is 3.55. The van der Waals surface area contributed by atoms with Gasteiger partial charge in [0.15, 0.2) is 0 Å². The summed E-state index contributed by atoms with van der Waals surface area (Å²) in [4.78, 5) is 21.2. The third-order valence-corrected chi connectivity index (χ3v) is 4.90. The first-order chi connectivity index (χ1) is 11.2. The molecule has 5 nitrogen and oxygen atoms in total. The van der Waals surface area contributed by atoms with Crippen molar-refractivity contribution in [1.29, 1.82) is 0 Å². The van der Waals surface area contributed by atoms with Crippen LogP contribution in [0.15, 0.2) is 18.2 Å². The number of anilines is 1. The maximum absolute atomic E-state index is 12.3. The van der Waals surface area contributed by atoms with Crippen molar-refractivity contribution in [2.75, 3.05) is 44.6 Å². The van der Waals surface area contributed by atoms with Gasteiger partial charge in [0.2, 0.25) is 5.91 Å². The topological polar surface area (TPSA) is 48.5 Å². The number of pyridine rings is 1. The van der Waals surface area contributed by atoms with Crippen LogP contribution in [-0.4, -0.2) is 60.0 Å². The molecule has 1 aromatic heterocycles. The third kappa shape index (κ3) is 4.67. The van der Waals surface area contributed by atoms with E-state index in [1.807, 2.05) is 30.0 Å². The molecule has 0 aliphatic carbocycles. The first kappa shape index (κ1) is 16.2. The second kappa shape index (κ2) is 7.77. The van der Waals surface area contributed by atoms with E-state index in [0.29, 0.717) is 18.4 Å². The number of hydrogen-bond acceptors (Lipinski definition) is 4. The number of aryl methyl sites for hydroxylation is 1. The second-order valence-corrected chi connectivity index (χ2v) is 6.88. The first-order valence-corrected chi connectivity index (χ1v) is 8.88. The number of nitrogens with zero attached hydrogens (tertiary/aromatic N) is 3. The number of amides is 1. The van der Waals surface area contributed by atoms with E-state index >= 15 is 0 Å². The molecule has 23 heavy (non-hydrogen) atoms. The van der Waals surface area contributed by atoms with Crippen LogP contribution in [0.3, 0.4) is 0 Å². The number of piperidine rings is 1. The van der Waals surface area contributed by atoms with Gasteiger partial charge in [0.25, 0.3) is 0 Å². The summed E-state index contributed by atoms with van der Waals surface area (Å²) in [6.07, 6.45) is 4.77. The van der Waals surface area contributed by atoms with Gasteiger partial charge in [-0.2, -0.15) is 0 Å². The molecule has 126 valence electrons. The van der Waals surface area contributed by atoms with Gasteiger partial charge in [-0.15, -0.1) is 0 Å². The summed E-state index contributed by atoms with van der Waals surface area (Å²) in [7, 11) is 0. The average Bonchev–Trinajstić information content (AvgIpc) is 3.01. The molecule has 5 heteroatoms. The molecule has 2 saturated heterocycles. The van der Waals surface area contributed by atoms with Crippen LogP contribution in [0, 0.1) is 12.8 Å². The summed E-state index contributed by atoms with van der Waals surface area (Å²) in [6.45, 7) is 7.50. The monoisotopic (exact) mass is 316 g/mol. The van der Waals surface area contributed by atoms with Gasteiger partial charge in [-0.05, 0) is 57.2 Å². The van der Waals surface area contributed by atoms with Crippen molar-refractivity contribution < 1.29 is 4.79 Å². The zero-order valence-corrected chi connectivity index (χ0v) is 14.1. The van der Waals surface area contributed by atoms with Crippen LogP contribution in [0.5, 0.6) is 0 Å². The second-order valence-electron chi connectivity index (χ2n) is 6.88. The summed E-state index contributed by atoms with van der Waals surface area (Å²) in [5, 5.41) is 3.43. The molecule has 2 aliphatic heterocycles. The van der Waals surface area contributed by atoms with E-state index in [9.17, 15) is 4.79 Å². The maximum Gasteiger partial charge on any atom is 0.236 e. The molecule has 1 unspecified atom stereocenters. The molecule has 0 radical (unpaired) electrons. The predicted molar refractivity (Wildman–Crippen MR) is 92.4 cm³/mol. The van der Waals surface area contributed by atoms with Crippen LogP contribution in [0.2, 0.25) is 0 Å². The van der Waals surface area contributed by atoms with Crippen molar-refractivity contribution in [3.8, 4) is 0 Å². The summed E-state index contributed by atoms with van der Waals surface area (Å²) in [5.74, 6) is 1.87. The molecule has 0 aromatic carbocycles. The van der Waals surface area contributed by atoms with E-state index in [2.05, 4.69) is 15.2 Å². The van der Waals surface area contributed by atoms with E-state index in [-0.39, 0.29) is 0 Å². The van der Waals surface area contributed by atoms with E-state index in [1.54, 1.807) is 0 Å². The molecule has 0 spiro atoms. The molecular formula is C18H28N4O. The quantitative estimate of drug-likeness (QED) is 0.904. The lowest BCUT2D eigenvalue weighted by atomic mass is 10.1. The Hall–Kier alpha value is -1.62.